The number of carbonyl (C=O) groups is 1. The molecule has 0 aliphatic carbocycles. The highest BCUT2D eigenvalue weighted by Crippen LogP contribution is 2.22. The lowest BCUT2D eigenvalue weighted by molar-refractivity contribution is -0.121. The molecule has 1 aromatic rings. The molecule has 1 heterocycles. The second-order valence-electron chi connectivity index (χ2n) is 4.04. The predicted molar refractivity (Wildman–Crippen MR) is 62.4 cm³/mol. The molecule has 1 atom stereocenters. The van der Waals surface area contributed by atoms with Crippen molar-refractivity contribution >= 4 is 23.2 Å². The first-order valence-electron chi connectivity index (χ1n) is 5.14. The van der Waals surface area contributed by atoms with Crippen molar-refractivity contribution in [1.82, 2.24) is 0 Å². The molecular weight excluding hydrogens is 247 g/mol. The fourth-order valence-electron chi connectivity index (χ4n) is 1.60. The van der Waals surface area contributed by atoms with Crippen molar-refractivity contribution in [3.05, 3.63) is 29.0 Å². The molecule has 1 aromatic carbocycles. The molecule has 1 fully saturated rings. The molecule has 1 saturated heterocycles. The largest absolute Gasteiger partial charge is 0.379 e. The monoisotopic (exact) mass is 258 g/mol. The topological polar surface area (TPSA) is 64.4 Å². The van der Waals surface area contributed by atoms with Crippen LogP contribution in [0.2, 0.25) is 5.02 Å². The van der Waals surface area contributed by atoms with E-state index in [1.54, 1.807) is 0 Å². The van der Waals surface area contributed by atoms with Gasteiger partial charge in [-0.25, -0.2) is 4.39 Å². The van der Waals surface area contributed by atoms with Crippen molar-refractivity contribution in [3.63, 3.8) is 0 Å². The number of rotatable bonds is 2. The first-order valence-corrected chi connectivity index (χ1v) is 5.52. The number of halogens is 2. The van der Waals surface area contributed by atoms with Crippen LogP contribution in [0, 0.1) is 5.82 Å². The van der Waals surface area contributed by atoms with Crippen LogP contribution in [0.5, 0.6) is 0 Å². The Hall–Kier alpha value is -1.17. The molecule has 4 nitrogen and oxygen atoms in total. The standard InChI is InChI=1S/C11H12ClFN2O2/c12-7-1-2-9(8(13)5-7)15-10(16)11(14)3-4-17-6-11/h1-2,5H,3-4,6,14H2,(H,15,16). The Bertz CT molecular complexity index is 447. The number of hydrogen-bond donors (Lipinski definition) is 2. The minimum Gasteiger partial charge on any atom is -0.379 e. The summed E-state index contributed by atoms with van der Waals surface area (Å²) in [4.78, 5) is 11.9. The first-order chi connectivity index (χ1) is 8.01. The Kier molecular flexibility index (Phi) is 3.33. The maximum Gasteiger partial charge on any atom is 0.247 e. The Labute approximate surface area is 103 Å². The molecule has 0 radical (unpaired) electrons. The minimum atomic E-state index is -1.08. The third kappa shape index (κ3) is 2.57. The van der Waals surface area contributed by atoms with Crippen molar-refractivity contribution in [1.29, 1.82) is 0 Å². The van der Waals surface area contributed by atoms with Gasteiger partial charge in [-0.1, -0.05) is 11.6 Å². The van der Waals surface area contributed by atoms with Gasteiger partial charge in [0.05, 0.1) is 12.3 Å². The lowest BCUT2D eigenvalue weighted by atomic mass is 9.99. The fraction of sp³-hybridized carbons (Fsp3) is 0.364. The van der Waals surface area contributed by atoms with Crippen molar-refractivity contribution in [2.24, 2.45) is 5.73 Å². The smallest absolute Gasteiger partial charge is 0.247 e. The van der Waals surface area contributed by atoms with Crippen LogP contribution in [0.15, 0.2) is 18.2 Å². The molecule has 6 heteroatoms. The van der Waals surface area contributed by atoms with Gasteiger partial charge in [-0.2, -0.15) is 0 Å². The van der Waals surface area contributed by atoms with E-state index >= 15 is 0 Å². The lowest BCUT2D eigenvalue weighted by Gasteiger charge is -2.20. The zero-order valence-electron chi connectivity index (χ0n) is 9.00. The van der Waals surface area contributed by atoms with Gasteiger partial charge in [0.15, 0.2) is 0 Å². The quantitative estimate of drug-likeness (QED) is 0.846. The summed E-state index contributed by atoms with van der Waals surface area (Å²) in [6, 6.07) is 4.02. The summed E-state index contributed by atoms with van der Waals surface area (Å²) in [5, 5.41) is 2.71. The molecule has 0 aromatic heterocycles. The van der Waals surface area contributed by atoms with Crippen molar-refractivity contribution < 1.29 is 13.9 Å². The number of anilines is 1. The summed E-state index contributed by atoms with van der Waals surface area (Å²) in [7, 11) is 0. The normalized spacial score (nSPS) is 23.7. The third-order valence-corrected chi connectivity index (χ3v) is 2.92. The van der Waals surface area contributed by atoms with Crippen LogP contribution in [-0.4, -0.2) is 24.7 Å². The molecule has 17 heavy (non-hydrogen) atoms. The van der Waals surface area contributed by atoms with E-state index < -0.39 is 17.3 Å². The Balaban J connectivity index is 2.13. The van der Waals surface area contributed by atoms with Gasteiger partial charge in [0, 0.05) is 11.6 Å². The zero-order chi connectivity index (χ0) is 12.5. The SMILES string of the molecule is NC1(C(=O)Nc2ccc(Cl)cc2F)CCOC1. The molecule has 3 N–H and O–H groups in total. The van der Waals surface area contributed by atoms with Gasteiger partial charge >= 0.3 is 0 Å². The van der Waals surface area contributed by atoms with Gasteiger partial charge in [-0.3, -0.25) is 4.79 Å². The number of benzene rings is 1. The van der Waals surface area contributed by atoms with Gasteiger partial charge in [-0.15, -0.1) is 0 Å². The van der Waals surface area contributed by atoms with Crippen LogP contribution in [0.25, 0.3) is 0 Å². The van der Waals surface area contributed by atoms with Crippen molar-refractivity contribution in [2.75, 3.05) is 18.5 Å². The van der Waals surface area contributed by atoms with E-state index in [-0.39, 0.29) is 17.3 Å². The summed E-state index contributed by atoms with van der Waals surface area (Å²) in [5.41, 5.74) is 4.83. The summed E-state index contributed by atoms with van der Waals surface area (Å²) in [6.45, 7) is 0.584. The van der Waals surface area contributed by atoms with Gasteiger partial charge in [0.2, 0.25) is 5.91 Å². The van der Waals surface area contributed by atoms with Gasteiger partial charge in [0.25, 0.3) is 0 Å². The molecule has 1 aliphatic rings. The highest BCUT2D eigenvalue weighted by Gasteiger charge is 2.38. The second kappa shape index (κ2) is 4.60. The summed E-state index contributed by atoms with van der Waals surface area (Å²) >= 11 is 5.61. The summed E-state index contributed by atoms with van der Waals surface area (Å²) in [5.74, 6) is -1.04. The lowest BCUT2D eigenvalue weighted by Crippen LogP contribution is -2.51. The van der Waals surface area contributed by atoms with E-state index in [9.17, 15) is 9.18 Å². The first kappa shape index (κ1) is 12.3. The molecule has 1 unspecified atom stereocenters. The molecule has 92 valence electrons. The maximum atomic E-state index is 13.5. The van der Waals surface area contributed by atoms with Gasteiger partial charge in [-0.05, 0) is 24.6 Å². The van der Waals surface area contributed by atoms with Crippen molar-refractivity contribution in [3.8, 4) is 0 Å². The zero-order valence-corrected chi connectivity index (χ0v) is 9.76. The number of hydrogen-bond acceptors (Lipinski definition) is 3. The maximum absolute atomic E-state index is 13.5. The third-order valence-electron chi connectivity index (χ3n) is 2.68. The van der Waals surface area contributed by atoms with E-state index in [1.807, 2.05) is 0 Å². The molecular formula is C11H12ClFN2O2. The van der Waals surface area contributed by atoms with Crippen LogP contribution in [0.4, 0.5) is 10.1 Å². The van der Waals surface area contributed by atoms with Gasteiger partial charge in [0.1, 0.15) is 11.4 Å². The average molecular weight is 259 g/mol. The summed E-state index contributed by atoms with van der Waals surface area (Å²) in [6.07, 6.45) is 0.425. The molecule has 0 spiro atoms. The predicted octanol–water partition coefficient (Wildman–Crippen LogP) is 1.54. The molecule has 0 saturated carbocycles. The fourth-order valence-corrected chi connectivity index (χ4v) is 1.76. The molecule has 1 amide bonds. The van der Waals surface area contributed by atoms with E-state index in [2.05, 4.69) is 5.32 Å². The van der Waals surface area contributed by atoms with Crippen LogP contribution < -0.4 is 11.1 Å². The Morgan fingerprint density at radius 1 is 1.59 bits per heavy atom. The molecule has 2 rings (SSSR count). The second-order valence-corrected chi connectivity index (χ2v) is 4.47. The minimum absolute atomic E-state index is 0.0659. The Morgan fingerprint density at radius 3 is 2.94 bits per heavy atom. The van der Waals surface area contributed by atoms with Crippen molar-refractivity contribution in [2.45, 2.75) is 12.0 Å². The number of amides is 1. The average Bonchev–Trinajstić information content (AvgIpc) is 2.71. The van der Waals surface area contributed by atoms with Crippen LogP contribution in [-0.2, 0) is 9.53 Å². The van der Waals surface area contributed by atoms with E-state index in [0.29, 0.717) is 13.0 Å². The van der Waals surface area contributed by atoms with Crippen LogP contribution >= 0.6 is 11.6 Å². The Morgan fingerprint density at radius 2 is 2.35 bits per heavy atom. The number of ether oxygens (including phenoxy) is 1. The highest BCUT2D eigenvalue weighted by atomic mass is 35.5. The number of nitrogens with one attached hydrogen (secondary N) is 1. The molecule has 1 aliphatic heterocycles. The molecule has 0 bridgehead atoms. The highest BCUT2D eigenvalue weighted by molar-refractivity contribution is 6.30. The van der Waals surface area contributed by atoms with Crippen LogP contribution in [0.1, 0.15) is 6.42 Å². The summed E-state index contributed by atoms with van der Waals surface area (Å²) < 4.78 is 18.5. The van der Waals surface area contributed by atoms with Crippen LogP contribution in [0.3, 0.4) is 0 Å². The number of nitrogens with two attached hydrogens (primary N) is 1. The van der Waals surface area contributed by atoms with E-state index in [4.69, 9.17) is 22.1 Å². The number of carbonyl (C=O) groups excluding carboxylic acids is 1. The van der Waals surface area contributed by atoms with E-state index in [0.717, 1.165) is 6.07 Å². The van der Waals surface area contributed by atoms with Gasteiger partial charge < -0.3 is 15.8 Å². The van der Waals surface area contributed by atoms with E-state index in [1.165, 1.54) is 12.1 Å².